The third-order valence-corrected chi connectivity index (χ3v) is 2.18. The van der Waals surface area contributed by atoms with Gasteiger partial charge in [-0.15, -0.1) is 0 Å². The van der Waals surface area contributed by atoms with E-state index in [1.807, 2.05) is 58.1 Å². The number of rotatable bonds is 6. The SMILES string of the molecule is C=C/C(=C\C(C)=C/C)OCC(/C=C\C)=C/C. The van der Waals surface area contributed by atoms with Gasteiger partial charge in [-0.2, -0.15) is 0 Å². The zero-order valence-corrected chi connectivity index (χ0v) is 10.8. The van der Waals surface area contributed by atoms with Crippen molar-refractivity contribution in [2.75, 3.05) is 6.61 Å². The van der Waals surface area contributed by atoms with Gasteiger partial charge in [0.05, 0.1) is 0 Å². The molecule has 88 valence electrons. The molecule has 0 unspecified atom stereocenters. The van der Waals surface area contributed by atoms with Crippen molar-refractivity contribution in [1.82, 2.24) is 0 Å². The van der Waals surface area contributed by atoms with E-state index in [0.29, 0.717) is 6.61 Å². The Morgan fingerprint density at radius 3 is 2.31 bits per heavy atom. The Balaban J connectivity index is 4.47. The van der Waals surface area contributed by atoms with E-state index in [1.54, 1.807) is 6.08 Å². The molecule has 0 saturated carbocycles. The maximum Gasteiger partial charge on any atom is 0.119 e. The second kappa shape index (κ2) is 8.78. The van der Waals surface area contributed by atoms with E-state index in [2.05, 4.69) is 6.58 Å². The van der Waals surface area contributed by atoms with E-state index in [0.717, 1.165) is 11.3 Å². The van der Waals surface area contributed by atoms with Gasteiger partial charge in [0, 0.05) is 0 Å². The van der Waals surface area contributed by atoms with E-state index in [-0.39, 0.29) is 0 Å². The predicted molar refractivity (Wildman–Crippen MR) is 72.2 cm³/mol. The fourth-order valence-corrected chi connectivity index (χ4v) is 1.08. The lowest BCUT2D eigenvalue weighted by atomic mass is 10.2. The highest BCUT2D eigenvalue weighted by atomic mass is 16.5. The average Bonchev–Trinajstić information content (AvgIpc) is 2.32. The van der Waals surface area contributed by atoms with Crippen molar-refractivity contribution in [2.45, 2.75) is 27.7 Å². The van der Waals surface area contributed by atoms with Gasteiger partial charge in [-0.25, -0.2) is 0 Å². The Morgan fingerprint density at radius 2 is 1.88 bits per heavy atom. The molecule has 0 radical (unpaired) electrons. The Morgan fingerprint density at radius 1 is 1.19 bits per heavy atom. The van der Waals surface area contributed by atoms with E-state index in [1.165, 1.54) is 5.57 Å². The van der Waals surface area contributed by atoms with Crippen LogP contribution >= 0.6 is 0 Å². The van der Waals surface area contributed by atoms with Gasteiger partial charge in [-0.05, 0) is 45.4 Å². The highest BCUT2D eigenvalue weighted by molar-refractivity contribution is 5.25. The van der Waals surface area contributed by atoms with Gasteiger partial charge < -0.3 is 4.74 Å². The molecule has 0 aromatic carbocycles. The number of allylic oxidation sites excluding steroid dienone is 6. The molecule has 0 rings (SSSR count). The van der Waals surface area contributed by atoms with Crippen LogP contribution in [-0.4, -0.2) is 6.61 Å². The fraction of sp³-hybridized carbons (Fsp3) is 0.333. The summed E-state index contributed by atoms with van der Waals surface area (Å²) in [5, 5.41) is 0. The summed E-state index contributed by atoms with van der Waals surface area (Å²) < 4.78 is 5.65. The molecular formula is C15H22O. The molecule has 0 amide bonds. The molecule has 0 aliphatic carbocycles. The number of hydrogen-bond donors (Lipinski definition) is 0. The van der Waals surface area contributed by atoms with Crippen LogP contribution in [0.5, 0.6) is 0 Å². The van der Waals surface area contributed by atoms with Crippen LogP contribution < -0.4 is 0 Å². The smallest absolute Gasteiger partial charge is 0.119 e. The summed E-state index contributed by atoms with van der Waals surface area (Å²) >= 11 is 0. The second-order valence-corrected chi connectivity index (χ2v) is 3.44. The first kappa shape index (κ1) is 14.5. The first-order valence-corrected chi connectivity index (χ1v) is 5.55. The van der Waals surface area contributed by atoms with Crippen molar-refractivity contribution in [3.05, 3.63) is 59.9 Å². The molecule has 1 nitrogen and oxygen atoms in total. The molecule has 0 aliphatic rings. The summed E-state index contributed by atoms with van der Waals surface area (Å²) in [5.74, 6) is 0.805. The minimum atomic E-state index is 0.579. The standard InChI is InChI=1S/C15H22O/c1-6-10-14(8-3)12-16-15(9-4)11-13(5)7-2/h6-11H,4,12H2,1-3,5H3/b10-6-,13-7-,14-8+,15-11+. The summed E-state index contributed by atoms with van der Waals surface area (Å²) in [6.45, 7) is 12.4. The average molecular weight is 218 g/mol. The molecule has 0 bridgehead atoms. The van der Waals surface area contributed by atoms with Gasteiger partial charge in [0.2, 0.25) is 0 Å². The summed E-state index contributed by atoms with van der Waals surface area (Å²) in [7, 11) is 0. The molecule has 0 aromatic heterocycles. The van der Waals surface area contributed by atoms with Crippen LogP contribution in [0.25, 0.3) is 0 Å². The number of hydrogen-bond acceptors (Lipinski definition) is 1. The van der Waals surface area contributed by atoms with Crippen LogP contribution in [0.2, 0.25) is 0 Å². The quantitative estimate of drug-likeness (QED) is 0.469. The monoisotopic (exact) mass is 218 g/mol. The zero-order chi connectivity index (χ0) is 12.4. The highest BCUT2D eigenvalue weighted by Crippen LogP contribution is 2.08. The maximum atomic E-state index is 5.65. The molecule has 0 aliphatic heterocycles. The largest absolute Gasteiger partial charge is 0.489 e. The first-order chi connectivity index (χ1) is 7.67. The van der Waals surface area contributed by atoms with Gasteiger partial charge in [-0.1, -0.05) is 36.5 Å². The zero-order valence-electron chi connectivity index (χ0n) is 10.8. The van der Waals surface area contributed by atoms with Crippen LogP contribution in [0, 0.1) is 0 Å². The summed E-state index contributed by atoms with van der Waals surface area (Å²) in [6.07, 6.45) is 11.8. The lowest BCUT2D eigenvalue weighted by Gasteiger charge is -2.07. The highest BCUT2D eigenvalue weighted by Gasteiger charge is 1.95. The minimum absolute atomic E-state index is 0.579. The molecule has 0 heterocycles. The van der Waals surface area contributed by atoms with Crippen molar-refractivity contribution in [1.29, 1.82) is 0 Å². The minimum Gasteiger partial charge on any atom is -0.489 e. The van der Waals surface area contributed by atoms with Gasteiger partial charge in [0.15, 0.2) is 0 Å². The molecule has 0 N–H and O–H groups in total. The Hall–Kier alpha value is -1.50. The van der Waals surface area contributed by atoms with Crippen LogP contribution in [0.15, 0.2) is 59.9 Å². The molecule has 0 saturated heterocycles. The Bertz CT molecular complexity index is 327. The normalized spacial score (nSPS) is 14.4. The summed E-state index contributed by atoms with van der Waals surface area (Å²) in [5.41, 5.74) is 2.33. The summed E-state index contributed by atoms with van der Waals surface area (Å²) in [6, 6.07) is 0. The van der Waals surface area contributed by atoms with Crippen LogP contribution in [-0.2, 0) is 4.74 Å². The molecule has 1 heteroatoms. The topological polar surface area (TPSA) is 9.23 Å². The fourth-order valence-electron chi connectivity index (χ4n) is 1.08. The van der Waals surface area contributed by atoms with Crippen LogP contribution in [0.4, 0.5) is 0 Å². The predicted octanol–water partition coefficient (Wildman–Crippen LogP) is 4.56. The van der Waals surface area contributed by atoms with Gasteiger partial charge >= 0.3 is 0 Å². The van der Waals surface area contributed by atoms with E-state index >= 15 is 0 Å². The first-order valence-electron chi connectivity index (χ1n) is 5.55. The molecule has 16 heavy (non-hydrogen) atoms. The van der Waals surface area contributed by atoms with Gasteiger partial charge in [-0.3, -0.25) is 0 Å². The molecule has 0 aromatic rings. The second-order valence-electron chi connectivity index (χ2n) is 3.44. The van der Waals surface area contributed by atoms with Crippen LogP contribution in [0.3, 0.4) is 0 Å². The van der Waals surface area contributed by atoms with Crippen LogP contribution in [0.1, 0.15) is 27.7 Å². The van der Waals surface area contributed by atoms with E-state index < -0.39 is 0 Å². The molecule has 0 fully saturated rings. The third-order valence-electron chi connectivity index (χ3n) is 2.18. The van der Waals surface area contributed by atoms with Crippen molar-refractivity contribution < 1.29 is 4.74 Å². The summed E-state index contributed by atoms with van der Waals surface area (Å²) in [4.78, 5) is 0. The van der Waals surface area contributed by atoms with E-state index in [9.17, 15) is 0 Å². The lowest BCUT2D eigenvalue weighted by Crippen LogP contribution is -1.95. The number of ether oxygens (including phenoxy) is 1. The Kier molecular flexibility index (Phi) is 7.96. The lowest BCUT2D eigenvalue weighted by molar-refractivity contribution is 0.255. The third kappa shape index (κ3) is 6.07. The van der Waals surface area contributed by atoms with Crippen molar-refractivity contribution in [2.24, 2.45) is 0 Å². The Labute approximate surface area is 99.5 Å². The van der Waals surface area contributed by atoms with E-state index in [4.69, 9.17) is 4.74 Å². The van der Waals surface area contributed by atoms with Gasteiger partial charge in [0.25, 0.3) is 0 Å². The molecular weight excluding hydrogens is 196 g/mol. The van der Waals surface area contributed by atoms with Crippen molar-refractivity contribution in [3.63, 3.8) is 0 Å². The van der Waals surface area contributed by atoms with Gasteiger partial charge in [0.1, 0.15) is 12.4 Å². The van der Waals surface area contributed by atoms with Crippen molar-refractivity contribution in [3.8, 4) is 0 Å². The molecule has 0 atom stereocenters. The van der Waals surface area contributed by atoms with Crippen molar-refractivity contribution >= 4 is 0 Å². The molecule has 0 spiro atoms. The maximum absolute atomic E-state index is 5.65.